The van der Waals surface area contributed by atoms with Crippen LogP contribution in [0.5, 0.6) is 0 Å². The number of hydrogen-bond donors (Lipinski definition) is 0. The molecule has 0 unspecified atom stereocenters. The summed E-state index contributed by atoms with van der Waals surface area (Å²) in [6.07, 6.45) is 4.70. The molecule has 6 heteroatoms. The van der Waals surface area contributed by atoms with Crippen LogP contribution in [-0.4, -0.2) is 29.6 Å². The van der Waals surface area contributed by atoms with Crippen molar-refractivity contribution in [3.63, 3.8) is 0 Å². The Labute approximate surface area is 173 Å². The Morgan fingerprint density at radius 3 is 2.83 bits per heavy atom. The van der Waals surface area contributed by atoms with Crippen LogP contribution in [0.25, 0.3) is 22.6 Å². The predicted octanol–water partition coefficient (Wildman–Crippen LogP) is 4.42. The largest absolute Gasteiger partial charge is 0.465 e. The van der Waals surface area contributed by atoms with Gasteiger partial charge in [0.1, 0.15) is 5.76 Å². The highest BCUT2D eigenvalue weighted by Gasteiger charge is 2.34. The lowest BCUT2D eigenvalue weighted by molar-refractivity contribution is -0.145. The van der Waals surface area contributed by atoms with Gasteiger partial charge in [-0.15, -0.1) is 0 Å². The smallest absolute Gasteiger partial charge is 0.347 e. The maximum Gasteiger partial charge on any atom is 0.347 e. The van der Waals surface area contributed by atoms with Gasteiger partial charge in [0.25, 0.3) is 0 Å². The standard InChI is InChI=1S/C24H21NO5/c1-14-11-15(13-16-5-4-9-28-16)22-18(12-14)21(17-6-2-3-7-19(17)25-22)24(27)30-20-8-10-29-23(20)26/h2-7,9,13-14,20H,8,10-12H2,1H3/b15-13-/t14-,20+/m1/s1. The van der Waals surface area contributed by atoms with Gasteiger partial charge in [-0.25, -0.2) is 14.6 Å². The zero-order valence-electron chi connectivity index (χ0n) is 16.6. The van der Waals surface area contributed by atoms with Crippen molar-refractivity contribution in [2.24, 2.45) is 5.92 Å². The maximum absolute atomic E-state index is 13.3. The molecule has 1 aromatic carbocycles. The second kappa shape index (κ2) is 7.44. The number of pyridine rings is 1. The first-order valence-electron chi connectivity index (χ1n) is 10.1. The van der Waals surface area contributed by atoms with Gasteiger partial charge in [0.15, 0.2) is 0 Å². The fourth-order valence-electron chi connectivity index (χ4n) is 4.29. The molecular weight excluding hydrogens is 382 g/mol. The van der Waals surface area contributed by atoms with Crippen LogP contribution in [0.15, 0.2) is 47.1 Å². The van der Waals surface area contributed by atoms with Crippen LogP contribution < -0.4 is 0 Å². The van der Waals surface area contributed by atoms with Gasteiger partial charge in [0.05, 0.1) is 29.6 Å². The minimum absolute atomic E-state index is 0.277. The number of esters is 2. The average Bonchev–Trinajstić information content (AvgIpc) is 3.38. The number of rotatable bonds is 3. The number of nitrogens with zero attached hydrogens (tertiary/aromatic N) is 1. The van der Waals surface area contributed by atoms with E-state index >= 15 is 0 Å². The summed E-state index contributed by atoms with van der Waals surface area (Å²) in [6, 6.07) is 11.3. The molecule has 30 heavy (non-hydrogen) atoms. The number of benzene rings is 1. The highest BCUT2D eigenvalue weighted by Crippen LogP contribution is 2.39. The van der Waals surface area contributed by atoms with E-state index in [0.29, 0.717) is 24.3 Å². The van der Waals surface area contributed by atoms with E-state index in [1.807, 2.05) is 42.5 Å². The van der Waals surface area contributed by atoms with E-state index in [0.717, 1.165) is 39.9 Å². The van der Waals surface area contributed by atoms with E-state index in [9.17, 15) is 9.59 Å². The summed E-state index contributed by atoms with van der Waals surface area (Å²) in [5, 5.41) is 0.735. The summed E-state index contributed by atoms with van der Waals surface area (Å²) in [7, 11) is 0. The van der Waals surface area contributed by atoms with Gasteiger partial charge in [0.2, 0.25) is 6.10 Å². The lowest BCUT2D eigenvalue weighted by Gasteiger charge is -2.26. The van der Waals surface area contributed by atoms with Crippen molar-refractivity contribution in [2.45, 2.75) is 32.3 Å². The molecule has 152 valence electrons. The Morgan fingerprint density at radius 2 is 2.07 bits per heavy atom. The van der Waals surface area contributed by atoms with Crippen LogP contribution in [-0.2, 0) is 20.7 Å². The van der Waals surface area contributed by atoms with Crippen molar-refractivity contribution in [3.05, 3.63) is 65.2 Å². The minimum atomic E-state index is -0.848. The van der Waals surface area contributed by atoms with E-state index in [2.05, 4.69) is 6.92 Å². The number of fused-ring (bicyclic) bond motifs is 2. The normalized spacial score (nSPS) is 22.2. The molecule has 3 aromatic rings. The van der Waals surface area contributed by atoms with Crippen LogP contribution in [0, 0.1) is 5.92 Å². The van der Waals surface area contributed by atoms with Crippen LogP contribution in [0.4, 0.5) is 0 Å². The summed E-state index contributed by atoms with van der Waals surface area (Å²) in [5.41, 5.74) is 3.90. The molecule has 2 aliphatic rings. The number of cyclic esters (lactones) is 1. The van der Waals surface area contributed by atoms with Gasteiger partial charge >= 0.3 is 11.9 Å². The Bertz CT molecular complexity index is 1160. The number of hydrogen-bond acceptors (Lipinski definition) is 6. The molecule has 1 saturated heterocycles. The lowest BCUT2D eigenvalue weighted by Crippen LogP contribution is -2.25. The summed E-state index contributed by atoms with van der Waals surface area (Å²) < 4.78 is 16.0. The third-order valence-corrected chi connectivity index (χ3v) is 5.62. The first kappa shape index (κ1) is 18.6. The monoisotopic (exact) mass is 403 g/mol. The molecule has 0 radical (unpaired) electrons. The van der Waals surface area contributed by atoms with E-state index < -0.39 is 18.0 Å². The van der Waals surface area contributed by atoms with Gasteiger partial charge in [-0.2, -0.15) is 0 Å². The second-order valence-electron chi connectivity index (χ2n) is 7.88. The van der Waals surface area contributed by atoms with Gasteiger partial charge in [-0.3, -0.25) is 0 Å². The highest BCUT2D eigenvalue weighted by molar-refractivity contribution is 6.07. The van der Waals surface area contributed by atoms with Gasteiger partial charge in [-0.05, 0) is 54.2 Å². The number of aromatic nitrogens is 1. The molecule has 2 atom stereocenters. The minimum Gasteiger partial charge on any atom is -0.465 e. The molecule has 3 heterocycles. The van der Waals surface area contributed by atoms with Crippen molar-refractivity contribution in [3.8, 4) is 0 Å². The molecule has 1 fully saturated rings. The second-order valence-corrected chi connectivity index (χ2v) is 7.88. The highest BCUT2D eigenvalue weighted by atomic mass is 16.6. The number of para-hydroxylation sites is 1. The number of carbonyl (C=O) groups excluding carboxylic acids is 2. The molecule has 2 aromatic heterocycles. The van der Waals surface area contributed by atoms with Crippen LogP contribution in [0.3, 0.4) is 0 Å². The van der Waals surface area contributed by atoms with Crippen LogP contribution >= 0.6 is 0 Å². The number of furan rings is 1. The first-order valence-corrected chi connectivity index (χ1v) is 10.1. The van der Waals surface area contributed by atoms with E-state index in [1.54, 1.807) is 6.26 Å². The van der Waals surface area contributed by atoms with Gasteiger partial charge in [-0.1, -0.05) is 25.1 Å². The fraction of sp³-hybridized carbons (Fsp3) is 0.292. The third kappa shape index (κ3) is 3.28. The van der Waals surface area contributed by atoms with E-state index in [1.165, 1.54) is 0 Å². The Hall–Kier alpha value is -3.41. The maximum atomic E-state index is 13.3. The summed E-state index contributed by atoms with van der Waals surface area (Å²) in [5.74, 6) is 0.0880. The molecular formula is C24H21NO5. The molecule has 1 aliphatic heterocycles. The molecule has 5 rings (SSSR count). The molecule has 6 nitrogen and oxygen atoms in total. The van der Waals surface area contributed by atoms with Gasteiger partial charge < -0.3 is 13.9 Å². The Morgan fingerprint density at radius 1 is 1.20 bits per heavy atom. The van der Waals surface area contributed by atoms with Crippen molar-refractivity contribution in [2.75, 3.05) is 6.61 Å². The van der Waals surface area contributed by atoms with Gasteiger partial charge in [0, 0.05) is 11.8 Å². The molecule has 0 amide bonds. The van der Waals surface area contributed by atoms with Crippen molar-refractivity contribution in [1.29, 1.82) is 0 Å². The van der Waals surface area contributed by atoms with E-state index in [-0.39, 0.29) is 6.61 Å². The quantitative estimate of drug-likeness (QED) is 0.602. The van der Waals surface area contributed by atoms with Crippen LogP contribution in [0.2, 0.25) is 0 Å². The predicted molar refractivity (Wildman–Crippen MR) is 111 cm³/mol. The van der Waals surface area contributed by atoms with E-state index in [4.69, 9.17) is 18.9 Å². The number of allylic oxidation sites excluding steroid dienone is 1. The molecule has 0 bridgehead atoms. The lowest BCUT2D eigenvalue weighted by atomic mass is 9.81. The zero-order valence-corrected chi connectivity index (χ0v) is 16.6. The van der Waals surface area contributed by atoms with Crippen LogP contribution in [0.1, 0.15) is 47.1 Å². The number of carbonyl (C=O) groups is 2. The Balaban J connectivity index is 1.67. The fourth-order valence-corrected chi connectivity index (χ4v) is 4.29. The van der Waals surface area contributed by atoms with Crippen molar-refractivity contribution in [1.82, 2.24) is 4.98 Å². The molecule has 0 N–H and O–H groups in total. The third-order valence-electron chi connectivity index (χ3n) is 5.62. The SMILES string of the molecule is C[C@@H]1C/C(=C/c2ccco2)c2nc3ccccc3c(C(=O)O[C@H]3CCOC3=O)c2C1. The number of ether oxygens (including phenoxy) is 2. The Kier molecular flexibility index (Phi) is 4.62. The average molecular weight is 403 g/mol. The summed E-state index contributed by atoms with van der Waals surface area (Å²) in [4.78, 5) is 30.0. The first-order chi connectivity index (χ1) is 14.6. The topological polar surface area (TPSA) is 78.6 Å². The molecule has 0 spiro atoms. The zero-order chi connectivity index (χ0) is 20.7. The molecule has 0 saturated carbocycles. The summed E-state index contributed by atoms with van der Waals surface area (Å²) >= 11 is 0. The van der Waals surface area contributed by atoms with Crippen molar-refractivity contribution < 1.29 is 23.5 Å². The molecule has 1 aliphatic carbocycles. The van der Waals surface area contributed by atoms with Crippen molar-refractivity contribution >= 4 is 34.5 Å². The summed E-state index contributed by atoms with van der Waals surface area (Å²) in [6.45, 7) is 2.43.